The van der Waals surface area contributed by atoms with Crippen LogP contribution >= 0.6 is 12.4 Å². The molecule has 0 amide bonds. The van der Waals surface area contributed by atoms with Crippen molar-refractivity contribution in [3.63, 3.8) is 0 Å². The number of esters is 1. The number of hydrogen-bond donors (Lipinski definition) is 1. The fourth-order valence-corrected chi connectivity index (χ4v) is 2.49. The number of rotatable bonds is 4. The summed E-state index contributed by atoms with van der Waals surface area (Å²) in [6.45, 7) is 2.90. The van der Waals surface area contributed by atoms with Crippen LogP contribution in [0.25, 0.3) is 0 Å². The van der Waals surface area contributed by atoms with Crippen LogP contribution in [0.3, 0.4) is 0 Å². The minimum absolute atomic E-state index is 0. The van der Waals surface area contributed by atoms with Gasteiger partial charge in [-0.2, -0.15) is 0 Å². The van der Waals surface area contributed by atoms with Gasteiger partial charge in [0.15, 0.2) is 0 Å². The first kappa shape index (κ1) is 17.0. The summed E-state index contributed by atoms with van der Waals surface area (Å²) in [5.41, 5.74) is 0. The topological polar surface area (TPSA) is 54.7 Å². The molecule has 0 spiro atoms. The normalized spacial score (nSPS) is 19.2. The lowest BCUT2D eigenvalue weighted by molar-refractivity contribution is 0.0560. The van der Waals surface area contributed by atoms with Crippen molar-refractivity contribution in [1.29, 1.82) is 0 Å². The first-order valence-electron chi connectivity index (χ1n) is 6.78. The molecule has 1 fully saturated rings. The molecule has 0 radical (unpaired) electrons. The number of carbonyl (C=O) groups is 1. The molecule has 1 aromatic rings. The molecule has 6 heteroatoms. The highest BCUT2D eigenvalue weighted by Crippen LogP contribution is 2.16. The van der Waals surface area contributed by atoms with Crippen LogP contribution in [-0.4, -0.2) is 44.2 Å². The van der Waals surface area contributed by atoms with Crippen LogP contribution in [0.1, 0.15) is 35.6 Å². The van der Waals surface area contributed by atoms with Crippen molar-refractivity contribution in [3.05, 3.63) is 23.7 Å². The van der Waals surface area contributed by atoms with E-state index in [1.807, 2.05) is 6.07 Å². The fraction of sp³-hybridized carbons (Fsp3) is 0.643. The van der Waals surface area contributed by atoms with Gasteiger partial charge in [-0.05, 0) is 51.5 Å². The maximum atomic E-state index is 11.3. The third-order valence-electron chi connectivity index (χ3n) is 3.62. The van der Waals surface area contributed by atoms with E-state index in [1.54, 1.807) is 6.07 Å². The van der Waals surface area contributed by atoms with Crippen molar-refractivity contribution >= 4 is 18.4 Å². The molecule has 1 aliphatic rings. The molecular formula is C14H23ClN2O3. The maximum Gasteiger partial charge on any atom is 0.373 e. The molecule has 1 aliphatic heterocycles. The highest BCUT2D eigenvalue weighted by molar-refractivity contribution is 5.86. The highest BCUT2D eigenvalue weighted by atomic mass is 35.5. The fourth-order valence-electron chi connectivity index (χ4n) is 2.49. The van der Waals surface area contributed by atoms with Gasteiger partial charge in [-0.15, -0.1) is 12.4 Å². The van der Waals surface area contributed by atoms with E-state index < -0.39 is 5.97 Å². The molecule has 1 unspecified atom stereocenters. The lowest BCUT2D eigenvalue weighted by Crippen LogP contribution is -2.31. The number of methoxy groups -OCH3 is 1. The van der Waals surface area contributed by atoms with Gasteiger partial charge in [0.2, 0.25) is 5.76 Å². The molecule has 1 N–H and O–H groups in total. The second-order valence-corrected chi connectivity index (χ2v) is 5.01. The molecule has 2 heterocycles. The third-order valence-corrected chi connectivity index (χ3v) is 3.62. The first-order chi connectivity index (χ1) is 9.20. The van der Waals surface area contributed by atoms with E-state index in [9.17, 15) is 4.79 Å². The predicted molar refractivity (Wildman–Crippen MR) is 79.3 cm³/mol. The summed E-state index contributed by atoms with van der Waals surface area (Å²) in [4.78, 5) is 13.6. The number of halogens is 1. The Hall–Kier alpha value is -1.04. The lowest BCUT2D eigenvalue weighted by atomic mass is 10.1. The van der Waals surface area contributed by atoms with Crippen LogP contribution < -0.4 is 5.32 Å². The molecule has 114 valence electrons. The summed E-state index contributed by atoms with van der Waals surface area (Å²) < 4.78 is 10.1. The van der Waals surface area contributed by atoms with E-state index in [0.29, 0.717) is 6.04 Å². The summed E-state index contributed by atoms with van der Waals surface area (Å²) in [7, 11) is 3.46. The van der Waals surface area contributed by atoms with Crippen molar-refractivity contribution < 1.29 is 13.9 Å². The Labute approximate surface area is 126 Å². The van der Waals surface area contributed by atoms with Crippen LogP contribution in [-0.2, 0) is 11.3 Å². The van der Waals surface area contributed by atoms with E-state index in [2.05, 4.69) is 22.0 Å². The summed E-state index contributed by atoms with van der Waals surface area (Å²) in [6.07, 6.45) is 3.57. The second-order valence-electron chi connectivity index (χ2n) is 5.01. The Bertz CT molecular complexity index is 414. The van der Waals surface area contributed by atoms with Gasteiger partial charge >= 0.3 is 5.97 Å². The van der Waals surface area contributed by atoms with Gasteiger partial charge in [0, 0.05) is 6.04 Å². The Kier molecular flexibility index (Phi) is 7.05. The SMILES string of the molecule is COC(=O)c1ccc(CN(C)C2CCCNCC2)o1.Cl. The van der Waals surface area contributed by atoms with Crippen LogP contribution in [0.15, 0.2) is 16.5 Å². The van der Waals surface area contributed by atoms with Crippen molar-refractivity contribution in [1.82, 2.24) is 10.2 Å². The molecule has 0 bridgehead atoms. The lowest BCUT2D eigenvalue weighted by Gasteiger charge is -2.25. The van der Waals surface area contributed by atoms with E-state index in [1.165, 1.54) is 20.0 Å². The summed E-state index contributed by atoms with van der Waals surface area (Å²) in [6, 6.07) is 4.09. The molecule has 5 nitrogen and oxygen atoms in total. The average molecular weight is 303 g/mol. The zero-order valence-electron chi connectivity index (χ0n) is 12.1. The average Bonchev–Trinajstić information content (AvgIpc) is 2.71. The monoisotopic (exact) mass is 302 g/mol. The van der Waals surface area contributed by atoms with Gasteiger partial charge in [0.1, 0.15) is 5.76 Å². The number of nitrogens with one attached hydrogen (secondary N) is 1. The molecule has 1 saturated heterocycles. The number of furan rings is 1. The van der Waals surface area contributed by atoms with E-state index >= 15 is 0 Å². The van der Waals surface area contributed by atoms with Crippen LogP contribution in [0.5, 0.6) is 0 Å². The number of hydrogen-bond acceptors (Lipinski definition) is 5. The molecule has 2 rings (SSSR count). The van der Waals surface area contributed by atoms with Gasteiger partial charge in [0.25, 0.3) is 0 Å². The summed E-state index contributed by atoms with van der Waals surface area (Å²) in [5, 5.41) is 3.41. The summed E-state index contributed by atoms with van der Waals surface area (Å²) in [5.74, 6) is 0.654. The third kappa shape index (κ3) is 4.51. The van der Waals surface area contributed by atoms with Crippen molar-refractivity contribution in [2.24, 2.45) is 0 Å². The van der Waals surface area contributed by atoms with Crippen LogP contribution in [0.4, 0.5) is 0 Å². The van der Waals surface area contributed by atoms with E-state index in [0.717, 1.165) is 31.8 Å². The smallest absolute Gasteiger partial charge is 0.373 e. The Balaban J connectivity index is 0.00000200. The van der Waals surface area contributed by atoms with Crippen molar-refractivity contribution in [2.75, 3.05) is 27.2 Å². The van der Waals surface area contributed by atoms with Gasteiger partial charge in [-0.1, -0.05) is 0 Å². The van der Waals surface area contributed by atoms with Crippen molar-refractivity contribution in [2.45, 2.75) is 31.8 Å². The molecule has 1 aromatic heterocycles. The minimum atomic E-state index is -0.424. The number of carbonyl (C=O) groups excluding carboxylic acids is 1. The molecular weight excluding hydrogens is 280 g/mol. The largest absolute Gasteiger partial charge is 0.463 e. The second kappa shape index (κ2) is 8.29. The van der Waals surface area contributed by atoms with Crippen LogP contribution in [0.2, 0.25) is 0 Å². The Morgan fingerprint density at radius 1 is 1.45 bits per heavy atom. The Morgan fingerprint density at radius 3 is 3.00 bits per heavy atom. The quantitative estimate of drug-likeness (QED) is 0.863. The zero-order valence-corrected chi connectivity index (χ0v) is 12.9. The highest BCUT2D eigenvalue weighted by Gasteiger charge is 2.18. The number of nitrogens with zero attached hydrogens (tertiary/aromatic N) is 1. The Morgan fingerprint density at radius 2 is 2.25 bits per heavy atom. The van der Waals surface area contributed by atoms with Crippen molar-refractivity contribution in [3.8, 4) is 0 Å². The van der Waals surface area contributed by atoms with Gasteiger partial charge in [-0.25, -0.2) is 4.79 Å². The van der Waals surface area contributed by atoms with Crippen LogP contribution in [0, 0.1) is 0 Å². The molecule has 20 heavy (non-hydrogen) atoms. The van der Waals surface area contributed by atoms with E-state index in [4.69, 9.17) is 4.42 Å². The van der Waals surface area contributed by atoms with Gasteiger partial charge in [-0.3, -0.25) is 4.90 Å². The first-order valence-corrected chi connectivity index (χ1v) is 6.78. The summed E-state index contributed by atoms with van der Waals surface area (Å²) >= 11 is 0. The minimum Gasteiger partial charge on any atom is -0.463 e. The zero-order chi connectivity index (χ0) is 13.7. The molecule has 0 aromatic carbocycles. The maximum absolute atomic E-state index is 11.3. The standard InChI is InChI=1S/C14H22N2O3.ClH/c1-16(11-4-3-8-15-9-7-11)10-12-5-6-13(19-12)14(17)18-2;/h5-6,11,15H,3-4,7-10H2,1-2H3;1H. The number of ether oxygens (including phenoxy) is 1. The molecule has 0 saturated carbocycles. The molecule has 0 aliphatic carbocycles. The van der Waals surface area contributed by atoms with Gasteiger partial charge < -0.3 is 14.5 Å². The molecule has 1 atom stereocenters. The van der Waals surface area contributed by atoms with Gasteiger partial charge in [0.05, 0.1) is 13.7 Å². The van der Waals surface area contributed by atoms with E-state index in [-0.39, 0.29) is 18.2 Å². The predicted octanol–water partition coefficient (Wildman–Crippen LogP) is 2.06.